The molecule has 0 saturated carbocycles. The summed E-state index contributed by atoms with van der Waals surface area (Å²) in [5.74, 6) is -3.57. The van der Waals surface area contributed by atoms with Gasteiger partial charge in [-0.05, 0) is 43.9 Å². The van der Waals surface area contributed by atoms with E-state index in [-0.39, 0.29) is 5.91 Å². The van der Waals surface area contributed by atoms with Crippen molar-refractivity contribution in [2.24, 2.45) is 5.92 Å². The second-order valence-electron chi connectivity index (χ2n) is 10.8. The summed E-state index contributed by atoms with van der Waals surface area (Å²) in [6.45, 7) is 4.01. The molecule has 4 aromatic heterocycles. The van der Waals surface area contributed by atoms with Gasteiger partial charge in [-0.3, -0.25) is 9.20 Å². The van der Waals surface area contributed by atoms with E-state index in [1.54, 1.807) is 19.5 Å². The van der Waals surface area contributed by atoms with Crippen LogP contribution in [0.25, 0.3) is 28.2 Å². The molecule has 6 rings (SSSR count). The summed E-state index contributed by atoms with van der Waals surface area (Å²) in [7, 11) is 0. The first-order valence-electron chi connectivity index (χ1n) is 14.7. The largest absolute Gasteiger partial charge is 0.490 e. The average molecular weight is 710 g/mol. The maximum absolute atomic E-state index is 13.4. The lowest BCUT2D eigenvalue weighted by Gasteiger charge is -2.32. The summed E-state index contributed by atoms with van der Waals surface area (Å²) >= 11 is 0. The summed E-state index contributed by atoms with van der Waals surface area (Å²) in [6.07, 6.45) is -2.94. The van der Waals surface area contributed by atoms with Crippen LogP contribution in [0.5, 0.6) is 0 Å². The fraction of sp³-hybridized carbons (Fsp3) is 0.281. The fourth-order valence-electron chi connectivity index (χ4n) is 4.92. The molecule has 0 spiro atoms. The lowest BCUT2D eigenvalue weighted by atomic mass is 9.95. The minimum Gasteiger partial charge on any atom is -0.475 e. The number of halogens is 6. The predicted octanol–water partition coefficient (Wildman–Crippen LogP) is 6.79. The van der Waals surface area contributed by atoms with E-state index < -0.39 is 24.3 Å². The highest BCUT2D eigenvalue weighted by molar-refractivity contribution is 6.00. The molecular formula is C32H29F6N5O7. The topological polar surface area (TPSA) is 163 Å². The number of aryl methyl sites for hydroxylation is 1. The first kappa shape index (κ1) is 37.0. The molecule has 3 N–H and O–H groups in total. The highest BCUT2D eigenvalue weighted by Crippen LogP contribution is 2.31. The average Bonchev–Trinajstić information content (AvgIpc) is 3.83. The number of furan rings is 1. The van der Waals surface area contributed by atoms with Crippen LogP contribution < -0.4 is 5.32 Å². The van der Waals surface area contributed by atoms with Crippen LogP contribution in [-0.4, -0.2) is 79.5 Å². The minimum atomic E-state index is -5.08. The molecule has 1 fully saturated rings. The van der Waals surface area contributed by atoms with Gasteiger partial charge in [0, 0.05) is 37.0 Å². The lowest BCUT2D eigenvalue weighted by molar-refractivity contribution is -0.193. The van der Waals surface area contributed by atoms with Crippen molar-refractivity contribution in [2.45, 2.75) is 32.1 Å². The number of benzene rings is 1. The van der Waals surface area contributed by atoms with Gasteiger partial charge >= 0.3 is 24.3 Å². The van der Waals surface area contributed by atoms with Crippen LogP contribution >= 0.6 is 0 Å². The Balaban J connectivity index is 0.000000340. The molecule has 1 aromatic carbocycles. The van der Waals surface area contributed by atoms with Crippen LogP contribution in [0.4, 0.5) is 32.2 Å². The maximum atomic E-state index is 13.4. The Morgan fingerprint density at radius 2 is 1.48 bits per heavy atom. The Labute approximate surface area is 278 Å². The molecule has 0 unspecified atom stereocenters. The number of carboxylic acid groups (broad SMARTS) is 2. The molecule has 0 aliphatic carbocycles. The number of hydrogen-bond donors (Lipinski definition) is 3. The number of fused-ring (bicyclic) bond motifs is 1. The number of aliphatic carboxylic acids is 2. The van der Waals surface area contributed by atoms with E-state index in [0.29, 0.717) is 36.0 Å². The van der Waals surface area contributed by atoms with E-state index in [9.17, 15) is 31.1 Å². The third-order valence-electron chi connectivity index (χ3n) is 7.39. The molecule has 0 atom stereocenters. The van der Waals surface area contributed by atoms with Crippen LogP contribution in [0.3, 0.4) is 0 Å². The first-order valence-corrected chi connectivity index (χ1v) is 14.7. The SMILES string of the molecule is Cc1onc(-c2ccccc2)c1C(=O)N1CCC(CNc2c(-c3ccoc3)nc3ccccn23)CC1.O=C(O)C(F)(F)F.O=C(O)C(F)(F)F. The van der Waals surface area contributed by atoms with Gasteiger partial charge in [0.25, 0.3) is 5.91 Å². The zero-order valence-corrected chi connectivity index (χ0v) is 26.0. The van der Waals surface area contributed by atoms with Crippen molar-refractivity contribution in [3.8, 4) is 22.5 Å². The second kappa shape index (κ2) is 15.6. The number of carbonyl (C=O) groups excluding carboxylic acids is 1. The van der Waals surface area contributed by atoms with Crippen LogP contribution in [-0.2, 0) is 9.59 Å². The van der Waals surface area contributed by atoms with Gasteiger partial charge in [-0.15, -0.1) is 0 Å². The number of aromatic nitrogens is 3. The molecule has 0 bridgehead atoms. The number of piperidine rings is 1. The first-order chi connectivity index (χ1) is 23.6. The van der Waals surface area contributed by atoms with Crippen molar-refractivity contribution in [1.29, 1.82) is 0 Å². The van der Waals surface area contributed by atoms with Crippen LogP contribution in [0, 0.1) is 12.8 Å². The van der Waals surface area contributed by atoms with E-state index in [2.05, 4.69) is 14.9 Å². The van der Waals surface area contributed by atoms with Gasteiger partial charge in [-0.2, -0.15) is 26.3 Å². The van der Waals surface area contributed by atoms with E-state index >= 15 is 0 Å². The Hall–Kier alpha value is -5.81. The highest BCUT2D eigenvalue weighted by atomic mass is 19.4. The Bertz CT molecular complexity index is 1870. The molecule has 1 aliphatic rings. The normalized spacial score (nSPS) is 13.5. The Morgan fingerprint density at radius 1 is 0.880 bits per heavy atom. The van der Waals surface area contributed by atoms with Crippen molar-refractivity contribution in [3.63, 3.8) is 0 Å². The third-order valence-corrected chi connectivity index (χ3v) is 7.39. The highest BCUT2D eigenvalue weighted by Gasteiger charge is 2.39. The molecule has 0 radical (unpaired) electrons. The minimum absolute atomic E-state index is 0.0111. The van der Waals surface area contributed by atoms with Crippen molar-refractivity contribution in [3.05, 3.63) is 84.6 Å². The van der Waals surface area contributed by atoms with Gasteiger partial charge < -0.3 is 29.4 Å². The van der Waals surface area contributed by atoms with E-state index in [1.165, 1.54) is 0 Å². The quantitative estimate of drug-likeness (QED) is 0.160. The summed E-state index contributed by atoms with van der Waals surface area (Å²) in [5.41, 5.74) is 4.77. The van der Waals surface area contributed by atoms with E-state index in [1.807, 2.05) is 65.7 Å². The predicted molar refractivity (Wildman–Crippen MR) is 164 cm³/mol. The third kappa shape index (κ3) is 9.20. The summed E-state index contributed by atoms with van der Waals surface area (Å²) < 4.78 is 76.3. The number of alkyl halides is 6. The van der Waals surface area contributed by atoms with Crippen molar-refractivity contribution >= 4 is 29.3 Å². The molecule has 5 aromatic rings. The van der Waals surface area contributed by atoms with Gasteiger partial charge in [0.2, 0.25) is 0 Å². The Morgan fingerprint density at radius 3 is 2.04 bits per heavy atom. The second-order valence-corrected chi connectivity index (χ2v) is 10.8. The molecular weight excluding hydrogens is 680 g/mol. The molecule has 5 heterocycles. The summed E-state index contributed by atoms with van der Waals surface area (Å²) in [5, 5.41) is 22.1. The number of anilines is 1. The molecule has 1 amide bonds. The fourth-order valence-corrected chi connectivity index (χ4v) is 4.92. The summed E-state index contributed by atoms with van der Waals surface area (Å²) in [6, 6.07) is 17.6. The smallest absolute Gasteiger partial charge is 0.475 e. The van der Waals surface area contributed by atoms with Crippen molar-refractivity contribution in [2.75, 3.05) is 25.0 Å². The number of carboxylic acids is 2. The van der Waals surface area contributed by atoms with Gasteiger partial charge in [0.15, 0.2) is 0 Å². The number of rotatable bonds is 6. The molecule has 50 heavy (non-hydrogen) atoms. The standard InChI is InChI=1S/C28H27N5O3.2C2HF3O2/c1-19-24(25(31-36-19)21-7-3-2-4-8-21)28(34)32-14-10-20(11-15-32)17-29-27-26(22-12-16-35-18-22)30-23-9-5-6-13-33(23)27;2*3-2(4,5)1(6)7/h2-9,12-13,16,18,20,29H,10-11,14-15,17H2,1H3;2*(H,6,7). The molecule has 1 saturated heterocycles. The van der Waals surface area contributed by atoms with Gasteiger partial charge in [-0.1, -0.05) is 41.6 Å². The number of carbonyl (C=O) groups is 3. The van der Waals surface area contributed by atoms with Crippen LogP contribution in [0.15, 0.2) is 82.3 Å². The number of imidazole rings is 1. The number of nitrogens with one attached hydrogen (secondary N) is 1. The number of likely N-dealkylation sites (tertiary alicyclic amines) is 1. The number of hydrogen-bond acceptors (Lipinski definition) is 8. The van der Waals surface area contributed by atoms with Crippen LogP contribution in [0.1, 0.15) is 29.0 Å². The molecule has 18 heteroatoms. The van der Waals surface area contributed by atoms with Crippen molar-refractivity contribution < 1.29 is 59.9 Å². The molecule has 266 valence electrons. The van der Waals surface area contributed by atoms with Crippen LogP contribution in [0.2, 0.25) is 0 Å². The van der Waals surface area contributed by atoms with Gasteiger partial charge in [0.1, 0.15) is 34.2 Å². The number of nitrogens with zero attached hydrogens (tertiary/aromatic N) is 4. The van der Waals surface area contributed by atoms with Gasteiger partial charge in [0.05, 0.1) is 12.5 Å². The van der Waals surface area contributed by atoms with E-state index in [0.717, 1.165) is 47.7 Å². The van der Waals surface area contributed by atoms with Crippen molar-refractivity contribution in [1.82, 2.24) is 19.4 Å². The maximum Gasteiger partial charge on any atom is 0.490 e. The monoisotopic (exact) mass is 709 g/mol. The van der Waals surface area contributed by atoms with Gasteiger partial charge in [-0.25, -0.2) is 14.6 Å². The van der Waals surface area contributed by atoms with E-state index in [4.69, 9.17) is 33.7 Å². The zero-order chi connectivity index (χ0) is 36.6. The molecule has 1 aliphatic heterocycles. The zero-order valence-electron chi connectivity index (χ0n) is 26.0. The lowest BCUT2D eigenvalue weighted by Crippen LogP contribution is -2.40. The number of amides is 1. The Kier molecular flexibility index (Phi) is 11.6. The number of pyridine rings is 1. The summed E-state index contributed by atoms with van der Waals surface area (Å²) in [4.78, 5) is 38.0. The molecule has 12 nitrogen and oxygen atoms in total.